The molecule has 1 heterocycles. The van der Waals surface area contributed by atoms with Gasteiger partial charge in [0.2, 0.25) is 5.91 Å². The van der Waals surface area contributed by atoms with E-state index in [0.717, 1.165) is 65.0 Å². The fourth-order valence-electron chi connectivity index (χ4n) is 2.53. The maximum Gasteiger partial charge on any atom is 0.222 e. The van der Waals surface area contributed by atoms with Gasteiger partial charge in [-0.1, -0.05) is 0 Å². The van der Waals surface area contributed by atoms with Crippen LogP contribution in [0.1, 0.15) is 39.0 Å². The number of methoxy groups -OCH3 is 1. The minimum atomic E-state index is 0.165. The third kappa shape index (κ3) is 6.68. The predicted octanol–water partition coefficient (Wildman–Crippen LogP) is 1.07. The van der Waals surface area contributed by atoms with Gasteiger partial charge in [-0.15, -0.1) is 0 Å². The number of ether oxygens (including phenoxy) is 1. The number of hydrogen-bond acceptors (Lipinski definition) is 4. The first kappa shape index (κ1) is 17.4. The summed E-state index contributed by atoms with van der Waals surface area (Å²) in [5, 5.41) is 0. The molecule has 1 amide bonds. The minimum absolute atomic E-state index is 0.165. The summed E-state index contributed by atoms with van der Waals surface area (Å²) in [6.07, 6.45) is 4.91. The van der Waals surface area contributed by atoms with Crippen molar-refractivity contribution in [3.05, 3.63) is 0 Å². The van der Waals surface area contributed by atoms with Gasteiger partial charge in [-0.2, -0.15) is 0 Å². The van der Waals surface area contributed by atoms with Gasteiger partial charge in [0.05, 0.1) is 6.10 Å². The second-order valence-electron chi connectivity index (χ2n) is 5.66. The predicted molar refractivity (Wildman–Crippen MR) is 81.6 cm³/mol. The van der Waals surface area contributed by atoms with Crippen molar-refractivity contribution in [2.75, 3.05) is 46.4 Å². The lowest BCUT2D eigenvalue weighted by molar-refractivity contribution is -0.131. The van der Waals surface area contributed by atoms with E-state index in [0.29, 0.717) is 6.42 Å². The quantitative estimate of drug-likeness (QED) is 0.678. The molecular weight excluding hydrogens is 254 g/mol. The van der Waals surface area contributed by atoms with Crippen molar-refractivity contribution in [3.8, 4) is 0 Å². The topological polar surface area (TPSA) is 58.8 Å². The van der Waals surface area contributed by atoms with Gasteiger partial charge < -0.3 is 20.3 Å². The van der Waals surface area contributed by atoms with Gasteiger partial charge in [-0.05, 0) is 52.2 Å². The Kier molecular flexibility index (Phi) is 8.82. The van der Waals surface area contributed by atoms with Crippen LogP contribution in [0.5, 0.6) is 0 Å². The molecule has 0 radical (unpaired) electrons. The number of carbonyl (C=O) groups excluding carboxylic acids is 1. The monoisotopic (exact) mass is 285 g/mol. The van der Waals surface area contributed by atoms with E-state index in [2.05, 4.69) is 4.90 Å². The highest BCUT2D eigenvalue weighted by molar-refractivity contribution is 5.76. The number of nitrogens with two attached hydrogens (primary N) is 1. The second-order valence-corrected chi connectivity index (χ2v) is 5.66. The molecule has 1 atom stereocenters. The zero-order chi connectivity index (χ0) is 14.8. The molecule has 1 aliphatic heterocycles. The van der Waals surface area contributed by atoms with Gasteiger partial charge in [0.15, 0.2) is 0 Å². The van der Waals surface area contributed by atoms with Crippen LogP contribution in [-0.2, 0) is 9.53 Å². The molecule has 0 aromatic carbocycles. The third-order valence-corrected chi connectivity index (χ3v) is 4.04. The first-order chi connectivity index (χ1) is 9.67. The number of unbranched alkanes of at least 4 members (excludes halogenated alkanes) is 1. The van der Waals surface area contributed by atoms with Gasteiger partial charge in [0, 0.05) is 33.2 Å². The summed E-state index contributed by atoms with van der Waals surface area (Å²) in [4.78, 5) is 16.7. The highest BCUT2D eigenvalue weighted by atomic mass is 16.5. The van der Waals surface area contributed by atoms with E-state index >= 15 is 0 Å². The van der Waals surface area contributed by atoms with E-state index in [4.69, 9.17) is 10.5 Å². The summed E-state index contributed by atoms with van der Waals surface area (Å²) >= 11 is 0. The molecule has 0 aliphatic carbocycles. The summed E-state index contributed by atoms with van der Waals surface area (Å²) in [6.45, 7) is 7.75. The van der Waals surface area contributed by atoms with Gasteiger partial charge in [0.25, 0.3) is 0 Å². The fraction of sp³-hybridized carbons (Fsp3) is 0.933. The van der Waals surface area contributed by atoms with Gasteiger partial charge >= 0.3 is 0 Å². The Labute approximate surface area is 123 Å². The Bertz CT molecular complexity index is 274. The van der Waals surface area contributed by atoms with Gasteiger partial charge in [0.1, 0.15) is 0 Å². The van der Waals surface area contributed by atoms with E-state index in [9.17, 15) is 4.79 Å². The average molecular weight is 285 g/mol. The minimum Gasteiger partial charge on any atom is -0.382 e. The molecule has 0 bridgehead atoms. The number of amides is 1. The van der Waals surface area contributed by atoms with Crippen molar-refractivity contribution < 1.29 is 9.53 Å². The maximum absolute atomic E-state index is 12.2. The van der Waals surface area contributed by atoms with E-state index in [1.54, 1.807) is 7.11 Å². The molecule has 5 nitrogen and oxygen atoms in total. The van der Waals surface area contributed by atoms with E-state index in [-0.39, 0.29) is 12.0 Å². The average Bonchev–Trinajstić information content (AvgIpc) is 2.70. The highest BCUT2D eigenvalue weighted by Crippen LogP contribution is 2.09. The molecule has 1 unspecified atom stereocenters. The van der Waals surface area contributed by atoms with Crippen LogP contribution in [0, 0.1) is 0 Å². The Morgan fingerprint density at radius 3 is 2.75 bits per heavy atom. The fourth-order valence-corrected chi connectivity index (χ4v) is 2.53. The van der Waals surface area contributed by atoms with Gasteiger partial charge in [-0.3, -0.25) is 4.79 Å². The maximum atomic E-state index is 12.2. The lowest BCUT2D eigenvalue weighted by atomic mass is 10.2. The normalized spacial score (nSPS) is 18.9. The zero-order valence-corrected chi connectivity index (χ0v) is 13.1. The number of carbonyl (C=O) groups is 1. The van der Waals surface area contributed by atoms with Crippen LogP contribution in [0.3, 0.4) is 0 Å². The van der Waals surface area contributed by atoms with Gasteiger partial charge in [-0.25, -0.2) is 0 Å². The van der Waals surface area contributed by atoms with Crippen molar-refractivity contribution in [1.82, 2.24) is 9.80 Å². The Morgan fingerprint density at radius 2 is 2.05 bits per heavy atom. The highest BCUT2D eigenvalue weighted by Gasteiger charge is 2.19. The molecule has 20 heavy (non-hydrogen) atoms. The first-order valence-corrected chi connectivity index (χ1v) is 7.90. The lowest BCUT2D eigenvalue weighted by Crippen LogP contribution is -2.35. The van der Waals surface area contributed by atoms with Crippen molar-refractivity contribution >= 4 is 5.91 Å². The summed E-state index contributed by atoms with van der Waals surface area (Å²) < 4.78 is 5.20. The van der Waals surface area contributed by atoms with Crippen LogP contribution < -0.4 is 5.73 Å². The standard InChI is InChI=1S/C15H31N3O2/c1-14(20-2)6-7-15(19)18-11-5-10-17(12-13-18)9-4-3-8-16/h14H,3-13,16H2,1-2H3. The van der Waals surface area contributed by atoms with E-state index < -0.39 is 0 Å². The molecule has 0 aromatic heterocycles. The molecule has 0 aromatic rings. The van der Waals surface area contributed by atoms with Crippen LogP contribution in [0.2, 0.25) is 0 Å². The molecule has 0 spiro atoms. The second kappa shape index (κ2) is 10.1. The Morgan fingerprint density at radius 1 is 1.25 bits per heavy atom. The zero-order valence-electron chi connectivity index (χ0n) is 13.1. The Balaban J connectivity index is 2.26. The molecule has 5 heteroatoms. The molecule has 1 rings (SSSR count). The molecule has 1 fully saturated rings. The van der Waals surface area contributed by atoms with Crippen molar-refractivity contribution in [2.24, 2.45) is 5.73 Å². The van der Waals surface area contributed by atoms with E-state index in [1.165, 1.54) is 0 Å². The summed E-state index contributed by atoms with van der Waals surface area (Å²) in [5.74, 6) is 0.276. The molecule has 118 valence electrons. The largest absolute Gasteiger partial charge is 0.382 e. The molecule has 1 saturated heterocycles. The SMILES string of the molecule is COC(C)CCC(=O)N1CCCN(CCCCN)CC1. The van der Waals surface area contributed by atoms with E-state index in [1.807, 2.05) is 11.8 Å². The van der Waals surface area contributed by atoms with Crippen molar-refractivity contribution in [3.63, 3.8) is 0 Å². The number of hydrogen-bond donors (Lipinski definition) is 1. The summed E-state index contributed by atoms with van der Waals surface area (Å²) in [5.41, 5.74) is 5.52. The number of rotatable bonds is 8. The smallest absolute Gasteiger partial charge is 0.222 e. The molecule has 0 saturated carbocycles. The Hall–Kier alpha value is -0.650. The lowest BCUT2D eigenvalue weighted by Gasteiger charge is -2.22. The van der Waals surface area contributed by atoms with Crippen LogP contribution in [0.25, 0.3) is 0 Å². The summed E-state index contributed by atoms with van der Waals surface area (Å²) in [7, 11) is 1.69. The molecule has 1 aliphatic rings. The number of nitrogens with zero attached hydrogens (tertiary/aromatic N) is 2. The van der Waals surface area contributed by atoms with Crippen molar-refractivity contribution in [1.29, 1.82) is 0 Å². The third-order valence-electron chi connectivity index (χ3n) is 4.04. The van der Waals surface area contributed by atoms with Crippen LogP contribution >= 0.6 is 0 Å². The van der Waals surface area contributed by atoms with Crippen molar-refractivity contribution in [2.45, 2.75) is 45.1 Å². The first-order valence-electron chi connectivity index (χ1n) is 7.90. The molecular formula is C15H31N3O2. The summed E-state index contributed by atoms with van der Waals surface area (Å²) in [6, 6.07) is 0. The molecule has 2 N–H and O–H groups in total. The van der Waals surface area contributed by atoms with Crippen LogP contribution in [-0.4, -0.2) is 68.2 Å². The van der Waals surface area contributed by atoms with Crippen LogP contribution in [0.15, 0.2) is 0 Å². The van der Waals surface area contributed by atoms with Crippen LogP contribution in [0.4, 0.5) is 0 Å².